The van der Waals surface area contributed by atoms with E-state index in [-0.39, 0.29) is 0 Å². The number of nitrogen functional groups attached to an aromatic ring is 1. The maximum Gasteiger partial charge on any atom is 0.153 e. The van der Waals surface area contributed by atoms with Crippen molar-refractivity contribution in [3.8, 4) is 6.07 Å². The molecule has 4 nitrogen and oxygen atoms in total. The van der Waals surface area contributed by atoms with Crippen LogP contribution in [0.25, 0.3) is 0 Å². The molecule has 0 bridgehead atoms. The van der Waals surface area contributed by atoms with Crippen LogP contribution in [0.3, 0.4) is 0 Å². The molecule has 1 heterocycles. The number of hydrogen-bond donors (Lipinski definition) is 2. The van der Waals surface area contributed by atoms with E-state index in [0.717, 1.165) is 10.0 Å². The summed E-state index contributed by atoms with van der Waals surface area (Å²) in [6.45, 7) is 1.92. The number of halogens is 1. The summed E-state index contributed by atoms with van der Waals surface area (Å²) in [5.74, 6) is 0.555. The summed E-state index contributed by atoms with van der Waals surface area (Å²) in [7, 11) is 0. The van der Waals surface area contributed by atoms with E-state index in [1.807, 2.05) is 25.1 Å². The molecule has 90 valence electrons. The van der Waals surface area contributed by atoms with Crippen LogP contribution < -0.4 is 11.1 Å². The van der Waals surface area contributed by atoms with Crippen molar-refractivity contribution in [3.63, 3.8) is 0 Å². The highest BCUT2D eigenvalue weighted by molar-refractivity contribution is 9.10. The van der Waals surface area contributed by atoms with Gasteiger partial charge in [-0.3, -0.25) is 0 Å². The van der Waals surface area contributed by atoms with E-state index in [1.165, 1.54) is 0 Å². The minimum atomic E-state index is 0.533. The summed E-state index contributed by atoms with van der Waals surface area (Å²) in [5, 5.41) is 12.1. The number of nitriles is 1. The Morgan fingerprint density at radius 3 is 2.83 bits per heavy atom. The zero-order valence-electron chi connectivity index (χ0n) is 9.74. The summed E-state index contributed by atoms with van der Waals surface area (Å²) in [6.07, 6.45) is 1.73. The van der Waals surface area contributed by atoms with Crippen molar-refractivity contribution < 1.29 is 0 Å². The zero-order valence-corrected chi connectivity index (χ0v) is 11.3. The molecule has 2 rings (SSSR count). The molecule has 3 N–H and O–H groups in total. The molecule has 1 aromatic heterocycles. The Hall–Kier alpha value is -2.06. The molecular formula is C13H11BrN4. The number of benzene rings is 1. The average molecular weight is 303 g/mol. The molecule has 0 radical (unpaired) electrons. The fourth-order valence-electron chi connectivity index (χ4n) is 1.54. The Morgan fingerprint density at radius 1 is 1.39 bits per heavy atom. The van der Waals surface area contributed by atoms with Crippen molar-refractivity contribution in [1.82, 2.24) is 4.98 Å². The van der Waals surface area contributed by atoms with Crippen molar-refractivity contribution in [2.45, 2.75) is 6.92 Å². The highest BCUT2D eigenvalue weighted by atomic mass is 79.9. The monoisotopic (exact) mass is 302 g/mol. The van der Waals surface area contributed by atoms with Gasteiger partial charge in [-0.1, -0.05) is 15.9 Å². The van der Waals surface area contributed by atoms with Crippen molar-refractivity contribution in [2.24, 2.45) is 0 Å². The lowest BCUT2D eigenvalue weighted by molar-refractivity contribution is 1.26. The largest absolute Gasteiger partial charge is 0.396 e. The van der Waals surface area contributed by atoms with Crippen molar-refractivity contribution in [2.75, 3.05) is 11.1 Å². The van der Waals surface area contributed by atoms with Crippen LogP contribution in [0.2, 0.25) is 0 Å². The number of rotatable bonds is 2. The molecule has 0 aliphatic heterocycles. The van der Waals surface area contributed by atoms with E-state index in [1.54, 1.807) is 12.3 Å². The van der Waals surface area contributed by atoms with Crippen LogP contribution in [0.5, 0.6) is 0 Å². The zero-order chi connectivity index (χ0) is 13.1. The average Bonchev–Trinajstić information content (AvgIpc) is 2.34. The SMILES string of the molecule is Cc1cnc(Nc2ccc(Br)cc2C#N)c(N)c1. The minimum absolute atomic E-state index is 0.533. The first-order valence-corrected chi connectivity index (χ1v) is 6.08. The number of nitrogens with two attached hydrogens (primary N) is 1. The third-order valence-electron chi connectivity index (χ3n) is 2.41. The molecule has 2 aromatic rings. The van der Waals surface area contributed by atoms with Crippen LogP contribution in [0.1, 0.15) is 11.1 Å². The van der Waals surface area contributed by atoms with E-state index in [9.17, 15) is 0 Å². The molecule has 18 heavy (non-hydrogen) atoms. The fraction of sp³-hybridized carbons (Fsp3) is 0.0769. The van der Waals surface area contributed by atoms with Gasteiger partial charge in [0.25, 0.3) is 0 Å². The molecule has 0 spiro atoms. The van der Waals surface area contributed by atoms with Crippen LogP contribution in [0, 0.1) is 18.3 Å². The Balaban J connectivity index is 2.37. The highest BCUT2D eigenvalue weighted by Crippen LogP contribution is 2.26. The Bertz CT molecular complexity index is 631. The van der Waals surface area contributed by atoms with Gasteiger partial charge in [0.05, 0.1) is 16.9 Å². The number of aryl methyl sites for hydroxylation is 1. The predicted octanol–water partition coefficient (Wildman–Crippen LogP) is 3.35. The Labute approximate surface area is 114 Å². The minimum Gasteiger partial charge on any atom is -0.396 e. The van der Waals surface area contributed by atoms with Gasteiger partial charge in [-0.25, -0.2) is 4.98 Å². The van der Waals surface area contributed by atoms with Gasteiger partial charge in [0, 0.05) is 10.7 Å². The number of anilines is 3. The third-order valence-corrected chi connectivity index (χ3v) is 2.90. The van der Waals surface area contributed by atoms with E-state index in [0.29, 0.717) is 22.8 Å². The maximum absolute atomic E-state index is 9.07. The summed E-state index contributed by atoms with van der Waals surface area (Å²) < 4.78 is 0.856. The van der Waals surface area contributed by atoms with Gasteiger partial charge in [0.15, 0.2) is 5.82 Å². The van der Waals surface area contributed by atoms with Crippen LogP contribution in [-0.4, -0.2) is 4.98 Å². The van der Waals surface area contributed by atoms with Gasteiger partial charge in [-0.2, -0.15) is 5.26 Å². The maximum atomic E-state index is 9.07. The van der Waals surface area contributed by atoms with Crippen LogP contribution >= 0.6 is 15.9 Å². The summed E-state index contributed by atoms with van der Waals surface area (Å²) >= 11 is 3.33. The van der Waals surface area contributed by atoms with Gasteiger partial charge in [0.1, 0.15) is 6.07 Å². The molecule has 0 saturated heterocycles. The first kappa shape index (κ1) is 12.4. The first-order valence-electron chi connectivity index (χ1n) is 5.29. The highest BCUT2D eigenvalue weighted by Gasteiger charge is 2.06. The van der Waals surface area contributed by atoms with Gasteiger partial charge in [-0.15, -0.1) is 0 Å². The lowest BCUT2D eigenvalue weighted by atomic mass is 10.2. The van der Waals surface area contributed by atoms with Crippen molar-refractivity contribution in [3.05, 3.63) is 46.1 Å². The smallest absolute Gasteiger partial charge is 0.153 e. The van der Waals surface area contributed by atoms with E-state index in [2.05, 4.69) is 32.3 Å². The fourth-order valence-corrected chi connectivity index (χ4v) is 1.90. The predicted molar refractivity (Wildman–Crippen MR) is 75.5 cm³/mol. The van der Waals surface area contributed by atoms with Crippen LogP contribution in [-0.2, 0) is 0 Å². The third kappa shape index (κ3) is 2.60. The van der Waals surface area contributed by atoms with E-state index >= 15 is 0 Å². The molecule has 0 amide bonds. The number of pyridine rings is 1. The van der Waals surface area contributed by atoms with Crippen molar-refractivity contribution >= 4 is 33.1 Å². The van der Waals surface area contributed by atoms with Gasteiger partial charge in [0.2, 0.25) is 0 Å². The lowest BCUT2D eigenvalue weighted by Gasteiger charge is -2.10. The van der Waals surface area contributed by atoms with Gasteiger partial charge >= 0.3 is 0 Å². The lowest BCUT2D eigenvalue weighted by Crippen LogP contribution is -2.01. The first-order chi connectivity index (χ1) is 8.60. The number of nitrogens with zero attached hydrogens (tertiary/aromatic N) is 2. The Kier molecular flexibility index (Phi) is 3.49. The second kappa shape index (κ2) is 5.07. The van der Waals surface area contributed by atoms with Crippen LogP contribution in [0.15, 0.2) is 34.9 Å². The summed E-state index contributed by atoms with van der Waals surface area (Å²) in [6, 6.07) is 9.37. The second-order valence-electron chi connectivity index (χ2n) is 3.88. The summed E-state index contributed by atoms with van der Waals surface area (Å²) in [5.41, 5.74) is 8.64. The standard InChI is InChI=1S/C13H11BrN4/c1-8-4-11(16)13(17-7-8)18-12-3-2-10(14)5-9(12)6-15/h2-5,7H,16H2,1H3,(H,17,18). The topological polar surface area (TPSA) is 74.7 Å². The molecular weight excluding hydrogens is 292 g/mol. The molecule has 0 fully saturated rings. The molecule has 0 unspecified atom stereocenters. The van der Waals surface area contributed by atoms with Crippen LogP contribution in [0.4, 0.5) is 17.2 Å². The number of aromatic nitrogens is 1. The summed E-state index contributed by atoms with van der Waals surface area (Å²) in [4.78, 5) is 4.21. The van der Waals surface area contributed by atoms with Crippen molar-refractivity contribution in [1.29, 1.82) is 5.26 Å². The van der Waals surface area contributed by atoms with E-state index in [4.69, 9.17) is 11.0 Å². The van der Waals surface area contributed by atoms with Gasteiger partial charge in [-0.05, 0) is 36.8 Å². The number of nitrogens with one attached hydrogen (secondary N) is 1. The number of hydrogen-bond acceptors (Lipinski definition) is 4. The second-order valence-corrected chi connectivity index (χ2v) is 4.79. The molecule has 5 heteroatoms. The molecule has 0 saturated carbocycles. The quantitative estimate of drug-likeness (QED) is 0.892. The molecule has 0 aliphatic rings. The van der Waals surface area contributed by atoms with Gasteiger partial charge < -0.3 is 11.1 Å². The molecule has 0 aliphatic carbocycles. The molecule has 1 aromatic carbocycles. The molecule has 0 atom stereocenters. The van der Waals surface area contributed by atoms with E-state index < -0.39 is 0 Å². The normalized spacial score (nSPS) is 9.83. The Morgan fingerprint density at radius 2 is 2.17 bits per heavy atom.